The second kappa shape index (κ2) is 6.91. The number of hydrogen-bond donors (Lipinski definition) is 1. The standard InChI is InChI=1S/C17H22ClN5O/c1-11-17(12(2)22(3)21-11)14-5-4-8-23(14)10-16(24)20-15-7-6-13(18)9-19-15/h6-7,9,14H,4-5,8,10H2,1-3H3,(H,19,20,24)/t14-/m0/s1. The van der Waals surface area contributed by atoms with Gasteiger partial charge in [0, 0.05) is 30.5 Å². The van der Waals surface area contributed by atoms with Crippen LogP contribution in [0.1, 0.15) is 35.8 Å². The molecule has 1 saturated heterocycles. The summed E-state index contributed by atoms with van der Waals surface area (Å²) in [6, 6.07) is 3.67. The minimum atomic E-state index is -0.0593. The first-order valence-electron chi connectivity index (χ1n) is 8.11. The lowest BCUT2D eigenvalue weighted by atomic mass is 10.0. The van der Waals surface area contributed by atoms with Crippen molar-refractivity contribution in [2.75, 3.05) is 18.4 Å². The van der Waals surface area contributed by atoms with Crippen molar-refractivity contribution in [3.63, 3.8) is 0 Å². The Morgan fingerprint density at radius 2 is 2.21 bits per heavy atom. The number of carbonyl (C=O) groups is 1. The maximum absolute atomic E-state index is 12.4. The summed E-state index contributed by atoms with van der Waals surface area (Å²) >= 11 is 5.81. The lowest BCUT2D eigenvalue weighted by Crippen LogP contribution is -2.33. The van der Waals surface area contributed by atoms with Gasteiger partial charge in [-0.15, -0.1) is 0 Å². The average molecular weight is 348 g/mol. The highest BCUT2D eigenvalue weighted by molar-refractivity contribution is 6.30. The summed E-state index contributed by atoms with van der Waals surface area (Å²) in [4.78, 5) is 18.7. The van der Waals surface area contributed by atoms with E-state index < -0.39 is 0 Å². The van der Waals surface area contributed by atoms with Gasteiger partial charge in [0.15, 0.2) is 0 Å². The largest absolute Gasteiger partial charge is 0.310 e. The first-order chi connectivity index (χ1) is 11.5. The van der Waals surface area contributed by atoms with Gasteiger partial charge in [-0.2, -0.15) is 5.10 Å². The molecule has 1 aliphatic rings. The topological polar surface area (TPSA) is 63.1 Å². The zero-order valence-corrected chi connectivity index (χ0v) is 15.0. The first-order valence-corrected chi connectivity index (χ1v) is 8.49. The molecule has 2 aromatic heterocycles. The third kappa shape index (κ3) is 3.44. The molecule has 3 heterocycles. The Morgan fingerprint density at radius 1 is 1.42 bits per heavy atom. The molecular weight excluding hydrogens is 326 g/mol. The number of nitrogens with one attached hydrogen (secondary N) is 1. The van der Waals surface area contributed by atoms with Crippen molar-refractivity contribution in [3.05, 3.63) is 40.3 Å². The van der Waals surface area contributed by atoms with Crippen LogP contribution >= 0.6 is 11.6 Å². The van der Waals surface area contributed by atoms with Crippen molar-refractivity contribution in [1.29, 1.82) is 0 Å². The van der Waals surface area contributed by atoms with Crippen molar-refractivity contribution in [2.45, 2.75) is 32.7 Å². The zero-order chi connectivity index (χ0) is 17.3. The number of carbonyl (C=O) groups excluding carboxylic acids is 1. The van der Waals surface area contributed by atoms with E-state index in [9.17, 15) is 4.79 Å². The quantitative estimate of drug-likeness (QED) is 0.923. The molecule has 1 aliphatic heterocycles. The molecule has 0 aromatic carbocycles. The van der Waals surface area contributed by atoms with Gasteiger partial charge >= 0.3 is 0 Å². The minimum Gasteiger partial charge on any atom is -0.310 e. The molecule has 0 saturated carbocycles. The normalized spacial score (nSPS) is 18.1. The highest BCUT2D eigenvalue weighted by Gasteiger charge is 2.31. The second-order valence-corrected chi connectivity index (χ2v) is 6.68. The number of pyridine rings is 1. The van der Waals surface area contributed by atoms with Crippen LogP contribution in [0.5, 0.6) is 0 Å². The van der Waals surface area contributed by atoms with Crippen molar-refractivity contribution in [2.24, 2.45) is 7.05 Å². The molecule has 0 bridgehead atoms. The Bertz CT molecular complexity index is 740. The molecule has 1 atom stereocenters. The number of rotatable bonds is 4. The summed E-state index contributed by atoms with van der Waals surface area (Å²) in [6.07, 6.45) is 3.67. The molecule has 128 valence electrons. The van der Waals surface area contributed by atoms with Gasteiger partial charge in [0.05, 0.1) is 17.3 Å². The number of anilines is 1. The predicted molar refractivity (Wildman–Crippen MR) is 94.1 cm³/mol. The molecule has 1 fully saturated rings. The zero-order valence-electron chi connectivity index (χ0n) is 14.2. The lowest BCUT2D eigenvalue weighted by Gasteiger charge is -2.24. The smallest absolute Gasteiger partial charge is 0.239 e. The molecule has 24 heavy (non-hydrogen) atoms. The summed E-state index contributed by atoms with van der Waals surface area (Å²) in [5.74, 6) is 0.463. The van der Waals surface area contributed by atoms with Gasteiger partial charge in [-0.05, 0) is 45.4 Å². The van der Waals surface area contributed by atoms with Crippen LogP contribution in [0.3, 0.4) is 0 Å². The highest BCUT2D eigenvalue weighted by atomic mass is 35.5. The van der Waals surface area contributed by atoms with Crippen molar-refractivity contribution < 1.29 is 4.79 Å². The lowest BCUT2D eigenvalue weighted by molar-refractivity contribution is -0.117. The number of likely N-dealkylation sites (tertiary alicyclic amines) is 1. The van der Waals surface area contributed by atoms with E-state index in [1.54, 1.807) is 12.1 Å². The molecule has 2 aromatic rings. The van der Waals surface area contributed by atoms with E-state index in [0.717, 1.165) is 25.1 Å². The van der Waals surface area contributed by atoms with Gasteiger partial charge in [-0.1, -0.05) is 11.6 Å². The van der Waals surface area contributed by atoms with Gasteiger partial charge in [-0.25, -0.2) is 4.98 Å². The van der Waals surface area contributed by atoms with Crippen molar-refractivity contribution in [1.82, 2.24) is 19.7 Å². The molecule has 6 nitrogen and oxygen atoms in total. The van der Waals surface area contributed by atoms with Crippen LogP contribution in [0.2, 0.25) is 5.02 Å². The fourth-order valence-electron chi connectivity index (χ4n) is 3.43. The van der Waals surface area contributed by atoms with E-state index in [1.807, 2.05) is 18.7 Å². The molecule has 0 aliphatic carbocycles. The first kappa shape index (κ1) is 16.9. The van der Waals surface area contributed by atoms with Crippen LogP contribution in [0.25, 0.3) is 0 Å². The van der Waals surface area contributed by atoms with E-state index >= 15 is 0 Å². The van der Waals surface area contributed by atoms with Crippen LogP contribution in [0.4, 0.5) is 5.82 Å². The highest BCUT2D eigenvalue weighted by Crippen LogP contribution is 2.35. The third-order valence-electron chi connectivity index (χ3n) is 4.60. The summed E-state index contributed by atoms with van der Waals surface area (Å²) < 4.78 is 1.92. The van der Waals surface area contributed by atoms with E-state index in [1.165, 1.54) is 17.5 Å². The van der Waals surface area contributed by atoms with Gasteiger partial charge in [0.1, 0.15) is 5.82 Å². The predicted octanol–water partition coefficient (Wildman–Crippen LogP) is 2.86. The Kier molecular flexibility index (Phi) is 4.87. The fourth-order valence-corrected chi connectivity index (χ4v) is 3.54. The van der Waals surface area contributed by atoms with E-state index in [4.69, 9.17) is 11.6 Å². The van der Waals surface area contributed by atoms with Crippen molar-refractivity contribution in [3.8, 4) is 0 Å². The number of amides is 1. The van der Waals surface area contributed by atoms with Gasteiger partial charge in [0.25, 0.3) is 0 Å². The van der Waals surface area contributed by atoms with Crippen LogP contribution < -0.4 is 5.32 Å². The van der Waals surface area contributed by atoms with Gasteiger partial charge in [0.2, 0.25) is 5.91 Å². The molecular formula is C17H22ClN5O. The van der Waals surface area contributed by atoms with Crippen LogP contribution in [-0.2, 0) is 11.8 Å². The summed E-state index contributed by atoms with van der Waals surface area (Å²) in [5, 5.41) is 7.89. The maximum atomic E-state index is 12.4. The van der Waals surface area contributed by atoms with Crippen molar-refractivity contribution >= 4 is 23.3 Å². The number of hydrogen-bond acceptors (Lipinski definition) is 4. The number of nitrogens with zero attached hydrogens (tertiary/aromatic N) is 4. The Morgan fingerprint density at radius 3 is 2.83 bits per heavy atom. The summed E-state index contributed by atoms with van der Waals surface area (Å²) in [5.41, 5.74) is 3.48. The number of halogens is 1. The molecule has 7 heteroatoms. The molecule has 0 unspecified atom stereocenters. The monoisotopic (exact) mass is 347 g/mol. The second-order valence-electron chi connectivity index (χ2n) is 6.25. The Hall–Kier alpha value is -1.92. The SMILES string of the molecule is Cc1nn(C)c(C)c1[C@@H]1CCCN1CC(=O)Nc1ccc(Cl)cn1. The van der Waals surface area contributed by atoms with Crippen LogP contribution in [-0.4, -0.2) is 38.7 Å². The number of aryl methyl sites for hydroxylation is 2. The van der Waals surface area contributed by atoms with Crippen LogP contribution in [0.15, 0.2) is 18.3 Å². The molecule has 3 rings (SSSR count). The Balaban J connectivity index is 1.69. The van der Waals surface area contributed by atoms with Gasteiger partial charge < -0.3 is 5.32 Å². The maximum Gasteiger partial charge on any atom is 0.239 e. The van der Waals surface area contributed by atoms with Crippen LogP contribution in [0, 0.1) is 13.8 Å². The summed E-state index contributed by atoms with van der Waals surface area (Å²) in [7, 11) is 1.96. The fraction of sp³-hybridized carbons (Fsp3) is 0.471. The molecule has 1 amide bonds. The van der Waals surface area contributed by atoms with E-state index in [2.05, 4.69) is 27.2 Å². The van der Waals surface area contributed by atoms with Gasteiger partial charge in [-0.3, -0.25) is 14.4 Å². The summed E-state index contributed by atoms with van der Waals surface area (Å²) in [6.45, 7) is 5.39. The third-order valence-corrected chi connectivity index (χ3v) is 4.83. The molecule has 0 radical (unpaired) electrons. The minimum absolute atomic E-state index is 0.0593. The molecule has 0 spiro atoms. The van der Waals surface area contributed by atoms with E-state index in [0.29, 0.717) is 17.4 Å². The molecule has 1 N–H and O–H groups in total. The average Bonchev–Trinajstić information content (AvgIpc) is 3.06. The Labute approximate surface area is 146 Å². The number of aromatic nitrogens is 3. The van der Waals surface area contributed by atoms with E-state index in [-0.39, 0.29) is 11.9 Å².